The van der Waals surface area contributed by atoms with E-state index in [9.17, 15) is 9.59 Å². The third kappa shape index (κ3) is 10.1. The lowest BCUT2D eigenvalue weighted by Gasteiger charge is -2.08. The van der Waals surface area contributed by atoms with Crippen molar-refractivity contribution in [1.82, 2.24) is 0 Å². The van der Waals surface area contributed by atoms with Crippen LogP contribution >= 0.6 is 0 Å². The number of rotatable bonds is 14. The molecule has 0 bridgehead atoms. The monoisotopic (exact) mass is 425 g/mol. The molecule has 0 N–H and O–H groups in total. The van der Waals surface area contributed by atoms with E-state index in [1.54, 1.807) is 0 Å². The SMILES string of the molecule is COC(=O)CCCCc1ccc(O[B]Oc2ccc(CCCCC(=O)OC)cc2)cc1. The molecule has 2 rings (SSSR count). The maximum Gasteiger partial charge on any atom is 0.658 e. The van der Waals surface area contributed by atoms with Crippen molar-refractivity contribution >= 4 is 19.6 Å². The summed E-state index contributed by atoms with van der Waals surface area (Å²) in [5.74, 6) is 1.06. The summed E-state index contributed by atoms with van der Waals surface area (Å²) in [6.45, 7) is 0. The maximum absolute atomic E-state index is 11.1. The number of unbranched alkanes of at least 4 members (excludes halogenated alkanes) is 2. The normalized spacial score (nSPS) is 10.3. The van der Waals surface area contributed by atoms with Crippen LogP contribution in [0.15, 0.2) is 48.5 Å². The van der Waals surface area contributed by atoms with Gasteiger partial charge in [0.1, 0.15) is 11.5 Å². The topological polar surface area (TPSA) is 71.1 Å². The minimum Gasteiger partial charge on any atom is -0.526 e. The number of benzene rings is 2. The quantitative estimate of drug-likeness (QED) is 0.253. The number of carbonyl (C=O) groups is 2. The van der Waals surface area contributed by atoms with Crippen LogP contribution in [-0.4, -0.2) is 33.8 Å². The summed E-state index contributed by atoms with van der Waals surface area (Å²) in [6, 6.07) is 15.6. The van der Waals surface area contributed by atoms with Crippen molar-refractivity contribution in [2.24, 2.45) is 0 Å². The van der Waals surface area contributed by atoms with Crippen LogP contribution in [0.2, 0.25) is 0 Å². The highest BCUT2D eigenvalue weighted by Crippen LogP contribution is 2.17. The fourth-order valence-corrected chi connectivity index (χ4v) is 3.01. The zero-order valence-corrected chi connectivity index (χ0v) is 18.3. The molecule has 31 heavy (non-hydrogen) atoms. The lowest BCUT2D eigenvalue weighted by atomic mass is 10.1. The summed E-state index contributed by atoms with van der Waals surface area (Å²) >= 11 is 0. The molecule has 7 heteroatoms. The van der Waals surface area contributed by atoms with Crippen LogP contribution in [0.3, 0.4) is 0 Å². The Labute approximate surface area is 185 Å². The molecule has 0 aliphatic heterocycles. The Morgan fingerprint density at radius 2 is 1.03 bits per heavy atom. The molecule has 0 aromatic heterocycles. The predicted molar refractivity (Wildman–Crippen MR) is 119 cm³/mol. The highest BCUT2D eigenvalue weighted by atomic mass is 16.6. The fourth-order valence-electron chi connectivity index (χ4n) is 3.01. The van der Waals surface area contributed by atoms with Gasteiger partial charge in [0.25, 0.3) is 0 Å². The average molecular weight is 425 g/mol. The van der Waals surface area contributed by atoms with Crippen LogP contribution in [0.1, 0.15) is 49.7 Å². The Bertz CT molecular complexity index is 721. The molecule has 0 fully saturated rings. The molecule has 1 radical (unpaired) electrons. The van der Waals surface area contributed by atoms with Gasteiger partial charge in [0.05, 0.1) is 14.2 Å². The number of methoxy groups -OCH3 is 2. The third-order valence-electron chi connectivity index (χ3n) is 4.86. The van der Waals surface area contributed by atoms with E-state index in [1.807, 2.05) is 48.5 Å². The molecule has 0 spiro atoms. The molecule has 0 saturated carbocycles. The summed E-state index contributed by atoms with van der Waals surface area (Å²) in [7, 11) is 4.14. The molecule has 0 aliphatic carbocycles. The lowest BCUT2D eigenvalue weighted by molar-refractivity contribution is -0.141. The van der Waals surface area contributed by atoms with Crippen LogP contribution in [0.5, 0.6) is 11.5 Å². The third-order valence-corrected chi connectivity index (χ3v) is 4.86. The molecule has 0 amide bonds. The van der Waals surface area contributed by atoms with E-state index < -0.39 is 0 Å². The van der Waals surface area contributed by atoms with Gasteiger partial charge >= 0.3 is 19.6 Å². The molecular formula is C24H30BO6. The molecule has 0 heterocycles. The van der Waals surface area contributed by atoms with Gasteiger partial charge in [-0.2, -0.15) is 0 Å². The van der Waals surface area contributed by atoms with Crippen LogP contribution in [0, 0.1) is 0 Å². The number of hydrogen-bond donors (Lipinski definition) is 0. The second kappa shape index (κ2) is 14.1. The molecule has 2 aromatic carbocycles. The van der Waals surface area contributed by atoms with Crippen molar-refractivity contribution in [3.05, 3.63) is 59.7 Å². The van der Waals surface area contributed by atoms with Gasteiger partial charge < -0.3 is 18.8 Å². The van der Waals surface area contributed by atoms with Gasteiger partial charge in [-0.05, 0) is 73.9 Å². The first-order valence-corrected chi connectivity index (χ1v) is 10.6. The minimum atomic E-state index is -0.162. The average Bonchev–Trinajstić information content (AvgIpc) is 2.81. The maximum atomic E-state index is 11.1. The van der Waals surface area contributed by atoms with Gasteiger partial charge in [-0.3, -0.25) is 9.59 Å². The van der Waals surface area contributed by atoms with Gasteiger partial charge in [-0.15, -0.1) is 0 Å². The fraction of sp³-hybridized carbons (Fsp3) is 0.417. The van der Waals surface area contributed by atoms with E-state index in [2.05, 4.69) is 9.47 Å². The lowest BCUT2D eigenvalue weighted by Crippen LogP contribution is -2.10. The van der Waals surface area contributed by atoms with E-state index in [-0.39, 0.29) is 11.9 Å². The summed E-state index contributed by atoms with van der Waals surface area (Å²) in [5, 5.41) is 0. The van der Waals surface area contributed by atoms with E-state index in [0.29, 0.717) is 24.3 Å². The Morgan fingerprint density at radius 1 is 0.645 bits per heavy atom. The van der Waals surface area contributed by atoms with Crippen LogP contribution in [0.25, 0.3) is 0 Å². The molecular weight excluding hydrogens is 395 g/mol. The zero-order chi connectivity index (χ0) is 22.3. The van der Waals surface area contributed by atoms with Crippen molar-refractivity contribution < 1.29 is 28.4 Å². The molecule has 0 saturated heterocycles. The standard InChI is InChI=1S/C24H30BO6/c1-28-23(26)9-5-3-7-19-11-15-21(16-12-19)30-25-31-22-17-13-20(14-18-22)8-4-6-10-24(27)29-2/h11-18H,3-10H2,1-2H3. The minimum absolute atomic E-state index is 0.162. The van der Waals surface area contributed by atoms with Gasteiger partial charge in [-0.1, -0.05) is 24.3 Å². The summed E-state index contributed by atoms with van der Waals surface area (Å²) in [4.78, 5) is 22.2. The van der Waals surface area contributed by atoms with Crippen LogP contribution < -0.4 is 9.31 Å². The number of hydrogen-bond acceptors (Lipinski definition) is 6. The van der Waals surface area contributed by atoms with Crippen LogP contribution in [-0.2, 0) is 31.9 Å². The van der Waals surface area contributed by atoms with Gasteiger partial charge in [-0.25, -0.2) is 0 Å². The van der Waals surface area contributed by atoms with E-state index in [1.165, 1.54) is 33.0 Å². The van der Waals surface area contributed by atoms with Crippen molar-refractivity contribution in [3.8, 4) is 11.5 Å². The largest absolute Gasteiger partial charge is 0.658 e. The summed E-state index contributed by atoms with van der Waals surface area (Å²) in [5.41, 5.74) is 2.39. The molecule has 0 aliphatic rings. The first-order chi connectivity index (χ1) is 15.1. The predicted octanol–water partition coefficient (Wildman–Crippen LogP) is 4.45. The summed E-state index contributed by atoms with van der Waals surface area (Å²) < 4.78 is 20.3. The number of carbonyl (C=O) groups excluding carboxylic acids is 2. The van der Waals surface area contributed by atoms with E-state index in [4.69, 9.17) is 9.31 Å². The second-order valence-electron chi connectivity index (χ2n) is 7.19. The Morgan fingerprint density at radius 3 is 1.39 bits per heavy atom. The molecule has 2 aromatic rings. The van der Waals surface area contributed by atoms with Crippen molar-refractivity contribution in [2.45, 2.75) is 51.4 Å². The van der Waals surface area contributed by atoms with Gasteiger partial charge in [0.2, 0.25) is 0 Å². The van der Waals surface area contributed by atoms with Crippen molar-refractivity contribution in [3.63, 3.8) is 0 Å². The number of aryl methyl sites for hydroxylation is 2. The first kappa shape index (κ1) is 24.3. The van der Waals surface area contributed by atoms with Crippen molar-refractivity contribution in [1.29, 1.82) is 0 Å². The highest BCUT2D eigenvalue weighted by molar-refractivity contribution is 6.20. The molecule has 165 valence electrons. The number of ether oxygens (including phenoxy) is 2. The molecule has 0 atom stereocenters. The number of esters is 2. The second-order valence-corrected chi connectivity index (χ2v) is 7.19. The van der Waals surface area contributed by atoms with Gasteiger partial charge in [0, 0.05) is 12.8 Å². The first-order valence-electron chi connectivity index (χ1n) is 10.6. The Kier molecular flexibility index (Phi) is 11.1. The smallest absolute Gasteiger partial charge is 0.526 e. The Balaban J connectivity index is 1.62. The molecule has 0 unspecified atom stereocenters. The van der Waals surface area contributed by atoms with Crippen molar-refractivity contribution in [2.75, 3.05) is 14.2 Å². The van der Waals surface area contributed by atoms with E-state index >= 15 is 0 Å². The van der Waals surface area contributed by atoms with E-state index in [0.717, 1.165) is 38.5 Å². The Hall–Kier alpha value is -2.96. The summed E-state index contributed by atoms with van der Waals surface area (Å²) in [6.07, 6.45) is 6.25. The highest BCUT2D eigenvalue weighted by Gasteiger charge is 2.04. The van der Waals surface area contributed by atoms with Gasteiger partial charge in [0.15, 0.2) is 0 Å². The zero-order valence-electron chi connectivity index (χ0n) is 18.3. The van der Waals surface area contributed by atoms with Crippen LogP contribution in [0.4, 0.5) is 0 Å². The molecule has 6 nitrogen and oxygen atoms in total.